The van der Waals surface area contributed by atoms with E-state index >= 15 is 0 Å². The van der Waals surface area contributed by atoms with Crippen LogP contribution in [0.4, 0.5) is 0 Å². The molecule has 0 spiro atoms. The van der Waals surface area contributed by atoms with E-state index in [4.69, 9.17) is 5.73 Å². The lowest BCUT2D eigenvalue weighted by molar-refractivity contribution is 0.336. The minimum absolute atomic E-state index is 0.189. The molecule has 0 bridgehead atoms. The van der Waals surface area contributed by atoms with E-state index in [0.717, 1.165) is 18.9 Å². The largest absolute Gasteiger partial charge is 0.324 e. The topological polar surface area (TPSA) is 38.0 Å². The Morgan fingerprint density at radius 2 is 2.06 bits per heavy atom. The van der Waals surface area contributed by atoms with Gasteiger partial charge >= 0.3 is 0 Å². The Labute approximate surface area is 111 Å². The molecule has 18 heavy (non-hydrogen) atoms. The molecule has 0 aliphatic carbocycles. The molecule has 2 unspecified atom stereocenters. The Bertz CT molecular complexity index is 406. The molecule has 1 saturated heterocycles. The van der Waals surface area contributed by atoms with Gasteiger partial charge in [-0.15, -0.1) is 0 Å². The van der Waals surface area contributed by atoms with Gasteiger partial charge in [0.25, 0.3) is 0 Å². The van der Waals surface area contributed by atoms with Gasteiger partial charge < -0.3 is 11.1 Å². The molecule has 0 radical (unpaired) electrons. The Morgan fingerprint density at radius 3 is 2.72 bits per heavy atom. The number of aryl methyl sites for hydroxylation is 1. The second-order valence-corrected chi connectivity index (χ2v) is 5.78. The number of piperidine rings is 1. The summed E-state index contributed by atoms with van der Waals surface area (Å²) < 4.78 is 0. The number of nitrogens with one attached hydrogen (secondary N) is 1. The van der Waals surface area contributed by atoms with Crippen molar-refractivity contribution in [1.82, 2.24) is 5.32 Å². The molecule has 1 aliphatic rings. The lowest BCUT2D eigenvalue weighted by Gasteiger charge is -2.26. The van der Waals surface area contributed by atoms with E-state index in [-0.39, 0.29) is 6.04 Å². The third-order valence-corrected chi connectivity index (χ3v) is 4.49. The Kier molecular flexibility index (Phi) is 4.41. The summed E-state index contributed by atoms with van der Waals surface area (Å²) in [5, 5.41) is 3.47. The zero-order valence-electron chi connectivity index (χ0n) is 11.9. The Morgan fingerprint density at radius 1 is 1.28 bits per heavy atom. The lowest BCUT2D eigenvalue weighted by Crippen LogP contribution is -2.32. The number of hydrogen-bond donors (Lipinski definition) is 2. The van der Waals surface area contributed by atoms with Crippen molar-refractivity contribution < 1.29 is 0 Å². The molecule has 1 fully saturated rings. The smallest absolute Gasteiger partial charge is 0.0300 e. The summed E-state index contributed by atoms with van der Waals surface area (Å²) in [6.45, 7) is 8.88. The molecular formula is C16H26N2. The van der Waals surface area contributed by atoms with E-state index in [1.165, 1.54) is 41.6 Å². The average Bonchev–Trinajstić information content (AvgIpc) is 2.37. The summed E-state index contributed by atoms with van der Waals surface area (Å²) in [6.07, 6.45) is 3.73. The van der Waals surface area contributed by atoms with Crippen molar-refractivity contribution in [2.75, 3.05) is 13.1 Å². The maximum absolute atomic E-state index is 6.42. The maximum Gasteiger partial charge on any atom is 0.0300 e. The first-order valence-corrected chi connectivity index (χ1v) is 7.12. The van der Waals surface area contributed by atoms with Crippen molar-refractivity contribution in [2.45, 2.75) is 46.1 Å². The SMILES string of the molecule is Cc1ccc(C(N)CC2CCCNC2)c(C)c1C. The fourth-order valence-electron chi connectivity index (χ4n) is 2.99. The Hall–Kier alpha value is -0.860. The monoisotopic (exact) mass is 246 g/mol. The van der Waals surface area contributed by atoms with E-state index in [2.05, 4.69) is 38.2 Å². The highest BCUT2D eigenvalue weighted by Crippen LogP contribution is 2.27. The molecule has 1 aromatic rings. The van der Waals surface area contributed by atoms with Gasteiger partial charge in [-0.1, -0.05) is 12.1 Å². The van der Waals surface area contributed by atoms with Crippen LogP contribution in [0.25, 0.3) is 0 Å². The predicted molar refractivity (Wildman–Crippen MR) is 77.8 cm³/mol. The van der Waals surface area contributed by atoms with E-state index in [1.807, 2.05) is 0 Å². The first-order chi connectivity index (χ1) is 8.59. The molecule has 2 rings (SSSR count). The van der Waals surface area contributed by atoms with Crippen LogP contribution in [-0.2, 0) is 0 Å². The molecule has 2 heteroatoms. The van der Waals surface area contributed by atoms with Crippen LogP contribution in [0.15, 0.2) is 12.1 Å². The van der Waals surface area contributed by atoms with Crippen LogP contribution in [0.1, 0.15) is 47.6 Å². The number of rotatable bonds is 3. The van der Waals surface area contributed by atoms with Crippen molar-refractivity contribution in [3.8, 4) is 0 Å². The van der Waals surface area contributed by atoms with Crippen molar-refractivity contribution in [3.05, 3.63) is 34.4 Å². The number of nitrogens with two attached hydrogens (primary N) is 1. The molecule has 3 N–H and O–H groups in total. The van der Waals surface area contributed by atoms with Crippen molar-refractivity contribution in [1.29, 1.82) is 0 Å². The van der Waals surface area contributed by atoms with E-state index in [0.29, 0.717) is 0 Å². The van der Waals surface area contributed by atoms with Gasteiger partial charge in [0, 0.05) is 6.04 Å². The normalized spacial score (nSPS) is 21.9. The van der Waals surface area contributed by atoms with Crippen LogP contribution in [0.3, 0.4) is 0 Å². The minimum Gasteiger partial charge on any atom is -0.324 e. The van der Waals surface area contributed by atoms with Gasteiger partial charge in [0.05, 0.1) is 0 Å². The average molecular weight is 246 g/mol. The van der Waals surface area contributed by atoms with Gasteiger partial charge in [0.15, 0.2) is 0 Å². The van der Waals surface area contributed by atoms with Gasteiger partial charge in [-0.05, 0) is 81.3 Å². The summed E-state index contributed by atoms with van der Waals surface area (Å²) >= 11 is 0. The lowest BCUT2D eigenvalue weighted by atomic mass is 9.87. The first kappa shape index (κ1) is 13.6. The van der Waals surface area contributed by atoms with Gasteiger partial charge in [-0.3, -0.25) is 0 Å². The number of benzene rings is 1. The molecule has 2 nitrogen and oxygen atoms in total. The predicted octanol–water partition coefficient (Wildman–Crippen LogP) is 3.00. The molecule has 0 aromatic heterocycles. The summed E-state index contributed by atoms with van der Waals surface area (Å²) in [7, 11) is 0. The standard InChI is InChI=1S/C16H26N2/c1-11-6-7-15(13(3)12(11)2)16(17)9-14-5-4-8-18-10-14/h6-7,14,16,18H,4-5,8-10,17H2,1-3H3. The molecule has 1 aliphatic heterocycles. The molecule has 1 heterocycles. The van der Waals surface area contributed by atoms with Crippen LogP contribution in [0.2, 0.25) is 0 Å². The van der Waals surface area contributed by atoms with E-state index < -0.39 is 0 Å². The zero-order chi connectivity index (χ0) is 13.1. The molecule has 0 saturated carbocycles. The highest BCUT2D eigenvalue weighted by Gasteiger charge is 2.19. The maximum atomic E-state index is 6.42. The highest BCUT2D eigenvalue weighted by molar-refractivity contribution is 5.40. The molecule has 0 amide bonds. The van der Waals surface area contributed by atoms with Gasteiger partial charge in [-0.25, -0.2) is 0 Å². The van der Waals surface area contributed by atoms with Gasteiger partial charge in [0.1, 0.15) is 0 Å². The second-order valence-electron chi connectivity index (χ2n) is 5.78. The summed E-state index contributed by atoms with van der Waals surface area (Å²) in [5.74, 6) is 0.745. The zero-order valence-corrected chi connectivity index (χ0v) is 11.9. The van der Waals surface area contributed by atoms with E-state index in [1.54, 1.807) is 0 Å². The fourth-order valence-corrected chi connectivity index (χ4v) is 2.99. The van der Waals surface area contributed by atoms with Gasteiger partial charge in [-0.2, -0.15) is 0 Å². The number of hydrogen-bond acceptors (Lipinski definition) is 2. The van der Waals surface area contributed by atoms with Crippen LogP contribution >= 0.6 is 0 Å². The van der Waals surface area contributed by atoms with Crippen molar-refractivity contribution in [3.63, 3.8) is 0 Å². The summed E-state index contributed by atoms with van der Waals surface area (Å²) in [6, 6.07) is 4.61. The minimum atomic E-state index is 0.189. The Balaban J connectivity index is 2.08. The van der Waals surface area contributed by atoms with Crippen LogP contribution in [0.5, 0.6) is 0 Å². The fraction of sp³-hybridized carbons (Fsp3) is 0.625. The van der Waals surface area contributed by atoms with Crippen molar-refractivity contribution >= 4 is 0 Å². The quantitative estimate of drug-likeness (QED) is 0.860. The summed E-state index contributed by atoms with van der Waals surface area (Å²) in [4.78, 5) is 0. The first-order valence-electron chi connectivity index (χ1n) is 7.12. The molecule has 2 atom stereocenters. The van der Waals surface area contributed by atoms with Crippen molar-refractivity contribution in [2.24, 2.45) is 11.7 Å². The highest BCUT2D eigenvalue weighted by atomic mass is 14.9. The third kappa shape index (κ3) is 2.93. The molecule has 100 valence electrons. The van der Waals surface area contributed by atoms with Crippen LogP contribution in [-0.4, -0.2) is 13.1 Å². The molecule has 1 aromatic carbocycles. The van der Waals surface area contributed by atoms with Crippen LogP contribution < -0.4 is 11.1 Å². The van der Waals surface area contributed by atoms with Crippen LogP contribution in [0, 0.1) is 26.7 Å². The third-order valence-electron chi connectivity index (χ3n) is 4.49. The van der Waals surface area contributed by atoms with E-state index in [9.17, 15) is 0 Å². The van der Waals surface area contributed by atoms with Gasteiger partial charge in [0.2, 0.25) is 0 Å². The second kappa shape index (κ2) is 5.85. The summed E-state index contributed by atoms with van der Waals surface area (Å²) in [5.41, 5.74) is 11.9. The molecular weight excluding hydrogens is 220 g/mol.